The number of likely N-dealkylation sites (tertiary alicyclic amines) is 1. The third-order valence-corrected chi connectivity index (χ3v) is 6.27. The first-order chi connectivity index (χ1) is 14.7. The van der Waals surface area contributed by atoms with Crippen molar-refractivity contribution in [2.24, 2.45) is 5.92 Å². The Morgan fingerprint density at radius 3 is 2.50 bits per heavy atom. The average Bonchev–Trinajstić information content (AvgIpc) is 2.80. The number of hydrogen-bond donors (Lipinski definition) is 1. The summed E-state index contributed by atoms with van der Waals surface area (Å²) in [7, 11) is 1.63. The largest absolute Gasteiger partial charge is 0.496 e. The molecule has 30 heavy (non-hydrogen) atoms. The predicted molar refractivity (Wildman–Crippen MR) is 112 cm³/mol. The summed E-state index contributed by atoms with van der Waals surface area (Å²) in [6.45, 7) is 0.939. The number of para-hydroxylation sites is 1. The van der Waals surface area contributed by atoms with E-state index in [0.29, 0.717) is 26.1 Å². The maximum absolute atomic E-state index is 13.1. The van der Waals surface area contributed by atoms with E-state index in [4.69, 9.17) is 9.47 Å². The van der Waals surface area contributed by atoms with Gasteiger partial charge in [-0.25, -0.2) is 0 Å². The Labute approximate surface area is 176 Å². The summed E-state index contributed by atoms with van der Waals surface area (Å²) in [4.78, 5) is 14.7. The number of carbonyl (C=O) groups excluding carboxylic acids is 1. The Morgan fingerprint density at radius 1 is 1.17 bits per heavy atom. The molecule has 0 spiro atoms. The van der Waals surface area contributed by atoms with E-state index in [-0.39, 0.29) is 24.3 Å². The number of ether oxygens (including phenoxy) is 2. The molecule has 1 N–H and O–H groups in total. The van der Waals surface area contributed by atoms with Crippen molar-refractivity contribution < 1.29 is 19.4 Å². The molecule has 2 aliphatic heterocycles. The summed E-state index contributed by atoms with van der Waals surface area (Å²) in [5.41, 5.74) is 2.83. The van der Waals surface area contributed by atoms with Gasteiger partial charge in [-0.15, -0.1) is 0 Å². The van der Waals surface area contributed by atoms with Crippen molar-refractivity contribution >= 4 is 5.91 Å². The van der Waals surface area contributed by atoms with Crippen LogP contribution >= 0.6 is 0 Å². The molecule has 6 nitrogen and oxygen atoms in total. The van der Waals surface area contributed by atoms with Crippen LogP contribution in [0.4, 0.5) is 0 Å². The van der Waals surface area contributed by atoms with Crippen molar-refractivity contribution in [3.05, 3.63) is 54.1 Å². The standard InChI is InChI=1S/C24H26N2O4/c1-29-22-9-5-4-7-18(22)17-6-2-3-8-19(17)23-20(14-25)26(21(23)15-27)24(28)16-10-12-30-13-11-16/h2-9,16,20-21,23,27H,10-13,15H2,1H3/t20-,21+,23-/m0/s1. The van der Waals surface area contributed by atoms with E-state index in [1.54, 1.807) is 12.0 Å². The summed E-state index contributed by atoms with van der Waals surface area (Å²) < 4.78 is 10.9. The van der Waals surface area contributed by atoms with Crippen LogP contribution in [0.5, 0.6) is 5.75 Å². The van der Waals surface area contributed by atoms with Gasteiger partial charge in [-0.05, 0) is 30.0 Å². The SMILES string of the molecule is COc1ccccc1-c1ccccc1[C@@H]1[C@@H](CO)N(C(=O)C2CCOCC2)[C@H]1C#N. The van der Waals surface area contributed by atoms with E-state index >= 15 is 0 Å². The Hall–Kier alpha value is -2.88. The van der Waals surface area contributed by atoms with E-state index in [0.717, 1.165) is 22.4 Å². The van der Waals surface area contributed by atoms with Gasteiger partial charge in [0.15, 0.2) is 0 Å². The molecule has 0 aromatic heterocycles. The first-order valence-corrected chi connectivity index (χ1v) is 10.3. The molecular weight excluding hydrogens is 380 g/mol. The summed E-state index contributed by atoms with van der Waals surface area (Å²) in [6, 6.07) is 16.9. The maximum Gasteiger partial charge on any atom is 0.227 e. The third kappa shape index (κ3) is 3.45. The quantitative estimate of drug-likeness (QED) is 0.825. The van der Waals surface area contributed by atoms with Crippen molar-refractivity contribution in [1.82, 2.24) is 4.90 Å². The molecule has 1 amide bonds. The lowest BCUT2D eigenvalue weighted by Crippen LogP contribution is -2.66. The Balaban J connectivity index is 1.69. The average molecular weight is 406 g/mol. The van der Waals surface area contributed by atoms with Crippen LogP contribution in [0.3, 0.4) is 0 Å². The van der Waals surface area contributed by atoms with Crippen molar-refractivity contribution in [1.29, 1.82) is 5.26 Å². The van der Waals surface area contributed by atoms with Gasteiger partial charge in [0.25, 0.3) is 0 Å². The molecule has 0 saturated carbocycles. The van der Waals surface area contributed by atoms with Gasteiger partial charge < -0.3 is 19.5 Å². The molecule has 2 aromatic carbocycles. The monoisotopic (exact) mass is 406 g/mol. The molecule has 2 aromatic rings. The van der Waals surface area contributed by atoms with Crippen LogP contribution in [0.1, 0.15) is 24.3 Å². The molecule has 156 valence electrons. The van der Waals surface area contributed by atoms with Gasteiger partial charge >= 0.3 is 0 Å². The number of aliphatic hydroxyl groups excluding tert-OH is 1. The number of hydrogen-bond acceptors (Lipinski definition) is 5. The highest BCUT2D eigenvalue weighted by Crippen LogP contribution is 2.46. The zero-order valence-electron chi connectivity index (χ0n) is 17.0. The minimum atomic E-state index is -0.603. The Kier molecular flexibility index (Phi) is 6.03. The lowest BCUT2D eigenvalue weighted by molar-refractivity contribution is -0.154. The van der Waals surface area contributed by atoms with E-state index in [1.165, 1.54) is 0 Å². The van der Waals surface area contributed by atoms with Gasteiger partial charge in [-0.3, -0.25) is 4.79 Å². The third-order valence-electron chi connectivity index (χ3n) is 6.27. The lowest BCUT2D eigenvalue weighted by Gasteiger charge is -2.53. The van der Waals surface area contributed by atoms with E-state index < -0.39 is 12.1 Å². The van der Waals surface area contributed by atoms with Crippen molar-refractivity contribution in [3.63, 3.8) is 0 Å². The van der Waals surface area contributed by atoms with Gasteiger partial charge in [-0.2, -0.15) is 5.26 Å². The van der Waals surface area contributed by atoms with E-state index in [9.17, 15) is 15.2 Å². The number of benzene rings is 2. The van der Waals surface area contributed by atoms with Crippen LogP contribution in [-0.2, 0) is 9.53 Å². The highest BCUT2D eigenvalue weighted by molar-refractivity contribution is 5.82. The number of amides is 1. The second-order valence-electron chi connectivity index (χ2n) is 7.77. The van der Waals surface area contributed by atoms with E-state index in [1.807, 2.05) is 48.5 Å². The first-order valence-electron chi connectivity index (χ1n) is 10.3. The number of rotatable bonds is 5. The fourth-order valence-electron chi connectivity index (χ4n) is 4.74. The van der Waals surface area contributed by atoms with Crippen LogP contribution in [0, 0.1) is 17.2 Å². The Morgan fingerprint density at radius 2 is 1.83 bits per heavy atom. The lowest BCUT2D eigenvalue weighted by atomic mass is 9.72. The fourth-order valence-corrected chi connectivity index (χ4v) is 4.74. The maximum atomic E-state index is 13.1. The highest BCUT2D eigenvalue weighted by Gasteiger charge is 2.53. The molecule has 2 aliphatic rings. The summed E-state index contributed by atoms with van der Waals surface area (Å²) in [5.74, 6) is 0.294. The van der Waals surface area contributed by atoms with Crippen LogP contribution in [0.2, 0.25) is 0 Å². The van der Waals surface area contributed by atoms with Gasteiger partial charge in [0.05, 0.1) is 25.8 Å². The van der Waals surface area contributed by atoms with Gasteiger partial charge in [0.1, 0.15) is 11.8 Å². The molecule has 2 heterocycles. The number of carbonyl (C=O) groups is 1. The fraction of sp³-hybridized carbons (Fsp3) is 0.417. The van der Waals surface area contributed by atoms with Gasteiger partial charge in [-0.1, -0.05) is 42.5 Å². The second kappa shape index (κ2) is 8.86. The number of nitrogens with zero attached hydrogens (tertiary/aromatic N) is 2. The zero-order valence-corrected chi connectivity index (χ0v) is 17.0. The highest BCUT2D eigenvalue weighted by atomic mass is 16.5. The van der Waals surface area contributed by atoms with Gasteiger partial charge in [0, 0.05) is 30.6 Å². The van der Waals surface area contributed by atoms with Crippen LogP contribution in [-0.4, -0.2) is 54.9 Å². The molecule has 4 rings (SSSR count). The van der Waals surface area contributed by atoms with Crippen molar-refractivity contribution in [2.45, 2.75) is 30.8 Å². The van der Waals surface area contributed by atoms with Crippen LogP contribution in [0.15, 0.2) is 48.5 Å². The second-order valence-corrected chi connectivity index (χ2v) is 7.77. The number of aliphatic hydroxyl groups is 1. The normalized spacial score (nSPS) is 24.0. The summed E-state index contributed by atoms with van der Waals surface area (Å²) in [5, 5.41) is 20.1. The number of nitriles is 1. The molecule has 2 saturated heterocycles. The molecule has 2 fully saturated rings. The number of methoxy groups -OCH3 is 1. The van der Waals surface area contributed by atoms with Crippen molar-refractivity contribution in [3.8, 4) is 22.9 Å². The molecule has 6 heteroatoms. The van der Waals surface area contributed by atoms with Gasteiger partial charge in [0.2, 0.25) is 5.91 Å². The Bertz CT molecular complexity index is 948. The van der Waals surface area contributed by atoms with Crippen LogP contribution in [0.25, 0.3) is 11.1 Å². The molecule has 0 unspecified atom stereocenters. The summed E-state index contributed by atoms with van der Waals surface area (Å²) in [6.07, 6.45) is 1.32. The van der Waals surface area contributed by atoms with Crippen molar-refractivity contribution in [2.75, 3.05) is 26.9 Å². The molecular formula is C24H26N2O4. The van der Waals surface area contributed by atoms with Crippen LogP contribution < -0.4 is 4.74 Å². The zero-order chi connectivity index (χ0) is 21.1. The van der Waals surface area contributed by atoms with E-state index in [2.05, 4.69) is 6.07 Å². The minimum absolute atomic E-state index is 0.0464. The molecule has 0 aliphatic carbocycles. The molecule has 0 radical (unpaired) electrons. The smallest absolute Gasteiger partial charge is 0.227 e. The minimum Gasteiger partial charge on any atom is -0.496 e. The molecule has 3 atom stereocenters. The topological polar surface area (TPSA) is 82.8 Å². The first kappa shape index (κ1) is 20.4. The predicted octanol–water partition coefficient (Wildman–Crippen LogP) is 2.97. The summed E-state index contributed by atoms with van der Waals surface area (Å²) >= 11 is 0. The molecule has 0 bridgehead atoms.